The number of carbonyl (C=O) groups is 2. The van der Waals surface area contributed by atoms with Crippen LogP contribution in [0.3, 0.4) is 0 Å². The lowest BCUT2D eigenvalue weighted by Crippen LogP contribution is -2.37. The molecule has 1 aliphatic heterocycles. The molecule has 0 aromatic heterocycles. The molecule has 0 radical (unpaired) electrons. The summed E-state index contributed by atoms with van der Waals surface area (Å²) in [6, 6.07) is 5.49. The maximum Gasteiger partial charge on any atom is 0.317 e. The molecule has 1 aliphatic rings. The average molecular weight is 355 g/mol. The van der Waals surface area contributed by atoms with E-state index in [-0.39, 0.29) is 11.7 Å². The van der Waals surface area contributed by atoms with Crippen molar-refractivity contribution in [2.24, 2.45) is 0 Å². The van der Waals surface area contributed by atoms with Crippen molar-refractivity contribution >= 4 is 23.6 Å². The van der Waals surface area contributed by atoms with Gasteiger partial charge in [0, 0.05) is 18.6 Å². The summed E-state index contributed by atoms with van der Waals surface area (Å²) in [5.74, 6) is 0.684. The van der Waals surface area contributed by atoms with Gasteiger partial charge in [0.1, 0.15) is 13.2 Å². The number of hydrogen-bond acceptors (Lipinski definition) is 7. The Kier molecular flexibility index (Phi) is 7.20. The number of carbonyl (C=O) groups excluding carboxylic acids is 2. The molecule has 1 aromatic rings. The maximum atomic E-state index is 11.8. The van der Waals surface area contributed by atoms with Gasteiger partial charge in [-0.15, -0.1) is 11.8 Å². The topological polar surface area (TPSA) is 83.1 Å². The van der Waals surface area contributed by atoms with E-state index in [0.717, 1.165) is 4.90 Å². The van der Waals surface area contributed by atoms with Gasteiger partial charge in [0.05, 0.1) is 12.4 Å². The Bertz CT molecular complexity index is 580. The van der Waals surface area contributed by atoms with Crippen LogP contribution in [0.15, 0.2) is 23.1 Å². The smallest absolute Gasteiger partial charge is 0.317 e. The lowest BCUT2D eigenvalue weighted by molar-refractivity contribution is -0.152. The molecule has 24 heavy (non-hydrogen) atoms. The molecular formula is C16H21NO6S. The Hall–Kier alpha value is -1.93. The zero-order chi connectivity index (χ0) is 17.4. The van der Waals surface area contributed by atoms with Crippen molar-refractivity contribution in [3.8, 4) is 11.5 Å². The van der Waals surface area contributed by atoms with Crippen molar-refractivity contribution < 1.29 is 28.5 Å². The van der Waals surface area contributed by atoms with Gasteiger partial charge in [-0.1, -0.05) is 0 Å². The second-order valence-electron chi connectivity index (χ2n) is 5.01. The Morgan fingerprint density at radius 2 is 2.04 bits per heavy atom. The van der Waals surface area contributed by atoms with Crippen molar-refractivity contribution in [1.29, 1.82) is 0 Å². The fourth-order valence-electron chi connectivity index (χ4n) is 1.96. The number of nitrogens with one attached hydrogen (secondary N) is 1. The first-order chi connectivity index (χ1) is 11.6. The summed E-state index contributed by atoms with van der Waals surface area (Å²) in [7, 11) is 1.55. The highest BCUT2D eigenvalue weighted by molar-refractivity contribution is 8.00. The number of fused-ring (bicyclic) bond motifs is 1. The molecule has 0 saturated carbocycles. The van der Waals surface area contributed by atoms with Gasteiger partial charge in [0.15, 0.2) is 17.6 Å². The number of methoxy groups -OCH3 is 1. The monoisotopic (exact) mass is 355 g/mol. The first kappa shape index (κ1) is 18.4. The molecule has 0 saturated heterocycles. The minimum absolute atomic E-state index is 0.106. The van der Waals surface area contributed by atoms with Gasteiger partial charge in [0.25, 0.3) is 5.91 Å². The van der Waals surface area contributed by atoms with Gasteiger partial charge in [-0.2, -0.15) is 0 Å². The second-order valence-corrected chi connectivity index (χ2v) is 6.06. The SMILES string of the molecule is COCCNC(=O)[C@@H](C)OC(=O)CSc1ccc2c(c1)OCCO2. The molecule has 8 heteroatoms. The van der Waals surface area contributed by atoms with Crippen LogP contribution in [-0.2, 0) is 19.1 Å². The lowest BCUT2D eigenvalue weighted by Gasteiger charge is -2.18. The van der Waals surface area contributed by atoms with Crippen molar-refractivity contribution in [1.82, 2.24) is 5.32 Å². The zero-order valence-corrected chi connectivity index (χ0v) is 14.5. The van der Waals surface area contributed by atoms with Crippen LogP contribution >= 0.6 is 11.8 Å². The molecule has 7 nitrogen and oxygen atoms in total. The Labute approximate surface area is 145 Å². The molecule has 1 amide bonds. The third-order valence-electron chi connectivity index (χ3n) is 3.15. The van der Waals surface area contributed by atoms with Crippen LogP contribution in [0.5, 0.6) is 11.5 Å². The summed E-state index contributed by atoms with van der Waals surface area (Å²) in [5, 5.41) is 2.62. The number of thioether (sulfide) groups is 1. The molecule has 0 fully saturated rings. The van der Waals surface area contributed by atoms with Gasteiger partial charge < -0.3 is 24.3 Å². The average Bonchev–Trinajstić information content (AvgIpc) is 2.59. The Morgan fingerprint density at radius 1 is 1.29 bits per heavy atom. The Morgan fingerprint density at radius 3 is 2.79 bits per heavy atom. The predicted molar refractivity (Wildman–Crippen MR) is 88.6 cm³/mol. The van der Waals surface area contributed by atoms with Crippen LogP contribution in [0.4, 0.5) is 0 Å². The van der Waals surface area contributed by atoms with Crippen LogP contribution in [0.1, 0.15) is 6.92 Å². The Balaban J connectivity index is 1.75. The normalized spacial score (nSPS) is 13.9. The number of amides is 1. The van der Waals surface area contributed by atoms with E-state index in [4.69, 9.17) is 18.9 Å². The highest BCUT2D eigenvalue weighted by Gasteiger charge is 2.18. The van der Waals surface area contributed by atoms with E-state index in [0.29, 0.717) is 37.9 Å². The van der Waals surface area contributed by atoms with Gasteiger partial charge in [-0.3, -0.25) is 9.59 Å². The first-order valence-electron chi connectivity index (χ1n) is 7.58. The molecular weight excluding hydrogens is 334 g/mol. The lowest BCUT2D eigenvalue weighted by atomic mass is 10.3. The standard InChI is InChI=1S/C16H21NO6S/c1-11(16(19)17-5-6-20-2)23-15(18)10-24-12-3-4-13-14(9-12)22-8-7-21-13/h3-4,9,11H,5-8,10H2,1-2H3,(H,17,19)/t11-/m1/s1. The van der Waals surface area contributed by atoms with Crippen LogP contribution in [0.25, 0.3) is 0 Å². The number of benzene rings is 1. The largest absolute Gasteiger partial charge is 0.486 e. The molecule has 1 aromatic carbocycles. The summed E-state index contributed by atoms with van der Waals surface area (Å²) in [6.45, 7) is 3.37. The maximum absolute atomic E-state index is 11.8. The van der Waals surface area contributed by atoms with Gasteiger partial charge in [-0.25, -0.2) is 0 Å². The first-order valence-corrected chi connectivity index (χ1v) is 8.57. The third-order valence-corrected chi connectivity index (χ3v) is 4.12. The molecule has 1 N–H and O–H groups in total. The highest BCUT2D eigenvalue weighted by atomic mass is 32.2. The number of ether oxygens (including phenoxy) is 4. The van der Waals surface area contributed by atoms with E-state index in [9.17, 15) is 9.59 Å². The van der Waals surface area contributed by atoms with Crippen LogP contribution in [0.2, 0.25) is 0 Å². The molecule has 1 heterocycles. The van der Waals surface area contributed by atoms with E-state index in [1.54, 1.807) is 7.11 Å². The molecule has 1 atom stereocenters. The minimum Gasteiger partial charge on any atom is -0.486 e. The van der Waals surface area contributed by atoms with Crippen LogP contribution in [-0.4, -0.2) is 57.2 Å². The van der Waals surface area contributed by atoms with E-state index < -0.39 is 12.1 Å². The molecule has 0 aliphatic carbocycles. The van der Waals surface area contributed by atoms with Crippen LogP contribution in [0, 0.1) is 0 Å². The quantitative estimate of drug-likeness (QED) is 0.427. The van der Waals surface area contributed by atoms with Crippen LogP contribution < -0.4 is 14.8 Å². The number of esters is 1. The second kappa shape index (κ2) is 9.39. The number of hydrogen-bond donors (Lipinski definition) is 1. The van der Waals surface area contributed by atoms with E-state index in [2.05, 4.69) is 5.32 Å². The molecule has 0 spiro atoms. The molecule has 2 rings (SSSR count). The van der Waals surface area contributed by atoms with Gasteiger partial charge >= 0.3 is 5.97 Å². The highest BCUT2D eigenvalue weighted by Crippen LogP contribution is 2.34. The van der Waals surface area contributed by atoms with E-state index in [1.165, 1.54) is 18.7 Å². The van der Waals surface area contributed by atoms with Crippen molar-refractivity contribution in [3.05, 3.63) is 18.2 Å². The summed E-state index contributed by atoms with van der Waals surface area (Å²) in [6.07, 6.45) is -0.838. The fraction of sp³-hybridized carbons (Fsp3) is 0.500. The summed E-state index contributed by atoms with van der Waals surface area (Å²) < 4.78 is 20.9. The molecule has 132 valence electrons. The summed E-state index contributed by atoms with van der Waals surface area (Å²) in [4.78, 5) is 24.4. The summed E-state index contributed by atoms with van der Waals surface area (Å²) in [5.41, 5.74) is 0. The third kappa shape index (κ3) is 5.61. The molecule has 0 bridgehead atoms. The van der Waals surface area contributed by atoms with Crippen molar-refractivity contribution in [3.63, 3.8) is 0 Å². The number of rotatable bonds is 8. The van der Waals surface area contributed by atoms with E-state index in [1.807, 2.05) is 18.2 Å². The van der Waals surface area contributed by atoms with Gasteiger partial charge in [-0.05, 0) is 25.1 Å². The van der Waals surface area contributed by atoms with E-state index >= 15 is 0 Å². The van der Waals surface area contributed by atoms with Crippen molar-refractivity contribution in [2.75, 3.05) is 39.2 Å². The predicted octanol–water partition coefficient (Wildman–Crippen LogP) is 1.24. The van der Waals surface area contributed by atoms with Gasteiger partial charge in [0.2, 0.25) is 0 Å². The van der Waals surface area contributed by atoms with Crippen molar-refractivity contribution in [2.45, 2.75) is 17.9 Å². The zero-order valence-electron chi connectivity index (χ0n) is 13.7. The fourth-order valence-corrected chi connectivity index (χ4v) is 2.67. The summed E-state index contributed by atoms with van der Waals surface area (Å²) >= 11 is 1.31. The molecule has 0 unspecified atom stereocenters. The minimum atomic E-state index is -0.838.